The summed E-state index contributed by atoms with van der Waals surface area (Å²) >= 11 is 0. The van der Waals surface area contributed by atoms with E-state index in [-0.39, 0.29) is 34.5 Å². The summed E-state index contributed by atoms with van der Waals surface area (Å²) in [6.45, 7) is 19.8. The Kier molecular flexibility index (Phi) is 12.9. The van der Waals surface area contributed by atoms with Crippen LogP contribution < -0.4 is 0 Å². The van der Waals surface area contributed by atoms with Crippen molar-refractivity contribution in [3.8, 4) is 0 Å². The molecule has 0 spiro atoms. The summed E-state index contributed by atoms with van der Waals surface area (Å²) in [5, 5.41) is 10.6. The maximum atomic E-state index is 12.4. The summed E-state index contributed by atoms with van der Waals surface area (Å²) in [7, 11) is 0. The van der Waals surface area contributed by atoms with E-state index in [2.05, 4.69) is 6.92 Å². The van der Waals surface area contributed by atoms with Gasteiger partial charge in [-0.2, -0.15) is 0 Å². The molecule has 0 amide bonds. The summed E-state index contributed by atoms with van der Waals surface area (Å²) in [5.41, 5.74) is -2.37. The molecule has 0 aromatic heterocycles. The Balaban J connectivity index is 0.000000199. The highest BCUT2D eigenvalue weighted by molar-refractivity contribution is 5.82. The third kappa shape index (κ3) is 10.2. The van der Waals surface area contributed by atoms with E-state index in [1.807, 2.05) is 48.5 Å². The lowest BCUT2D eigenvalue weighted by Crippen LogP contribution is -2.61. The molecule has 0 aromatic carbocycles. The van der Waals surface area contributed by atoms with Crippen LogP contribution in [0.5, 0.6) is 0 Å². The van der Waals surface area contributed by atoms with Gasteiger partial charge < -0.3 is 24.1 Å². The van der Waals surface area contributed by atoms with E-state index in [1.165, 1.54) is 25.7 Å². The molecule has 1 heterocycles. The first kappa shape index (κ1) is 40.3. The molecule has 1 N–H and O–H groups in total. The van der Waals surface area contributed by atoms with Crippen LogP contribution in [0.2, 0.25) is 0 Å². The van der Waals surface area contributed by atoms with Gasteiger partial charge in [0.05, 0.1) is 28.5 Å². The minimum absolute atomic E-state index is 0.0330. The maximum Gasteiger partial charge on any atom is 0.347 e. The summed E-state index contributed by atoms with van der Waals surface area (Å²) < 4.78 is 21.4. The molecular formula is C39H66O9. The zero-order valence-corrected chi connectivity index (χ0v) is 31.8. The molecule has 1 aliphatic heterocycles. The second-order valence-corrected chi connectivity index (χ2v) is 17.7. The van der Waals surface area contributed by atoms with Gasteiger partial charge in [-0.3, -0.25) is 14.4 Å². The molecule has 276 valence electrons. The number of carbonyl (C=O) groups is 4. The van der Waals surface area contributed by atoms with E-state index in [4.69, 9.17) is 18.9 Å². The van der Waals surface area contributed by atoms with Crippen LogP contribution in [0.4, 0.5) is 0 Å². The molecule has 3 atom stereocenters. The van der Waals surface area contributed by atoms with Gasteiger partial charge in [0.2, 0.25) is 6.10 Å². The fraction of sp³-hybridized carbons (Fsp3) is 0.897. The molecule has 5 saturated carbocycles. The average molecular weight is 679 g/mol. The van der Waals surface area contributed by atoms with Crippen LogP contribution in [0.1, 0.15) is 166 Å². The van der Waals surface area contributed by atoms with E-state index < -0.39 is 28.5 Å². The highest BCUT2D eigenvalue weighted by atomic mass is 16.6. The highest BCUT2D eigenvalue weighted by Crippen LogP contribution is 2.59. The number of hydrogen-bond acceptors (Lipinski definition) is 9. The minimum atomic E-state index is -0.687. The molecule has 9 nitrogen and oxygen atoms in total. The Morgan fingerprint density at radius 3 is 1.69 bits per heavy atom. The van der Waals surface area contributed by atoms with Crippen molar-refractivity contribution < 1.29 is 43.2 Å². The van der Waals surface area contributed by atoms with Gasteiger partial charge in [0.25, 0.3) is 0 Å². The van der Waals surface area contributed by atoms with Gasteiger partial charge >= 0.3 is 23.9 Å². The van der Waals surface area contributed by atoms with Crippen molar-refractivity contribution in [2.24, 2.45) is 28.1 Å². The number of cyclic esters (lactones) is 1. The molecule has 0 radical (unpaired) electrons. The van der Waals surface area contributed by atoms with Crippen LogP contribution in [0.3, 0.4) is 0 Å². The first-order valence-electron chi connectivity index (χ1n) is 18.7. The molecule has 3 unspecified atom stereocenters. The SMILES string of the molecule is CCC(C)(C)C(=O)OC1(C)CCCCC1.CCC(C)(C)C(=O)OC12CC3CC(CC(O)(C3)C1)C2.CCC(C)(C)C(=O)OC1CCOC1=O. The number of carbonyl (C=O) groups excluding carboxylic acids is 4. The Bertz CT molecular complexity index is 1130. The molecular weight excluding hydrogens is 612 g/mol. The van der Waals surface area contributed by atoms with Crippen LogP contribution in [0, 0.1) is 28.1 Å². The van der Waals surface area contributed by atoms with Crippen molar-refractivity contribution in [3.63, 3.8) is 0 Å². The Labute approximate surface area is 289 Å². The molecule has 4 bridgehead atoms. The van der Waals surface area contributed by atoms with E-state index in [9.17, 15) is 24.3 Å². The Morgan fingerprint density at radius 2 is 1.25 bits per heavy atom. The average Bonchev–Trinajstić information content (AvgIpc) is 3.40. The summed E-state index contributed by atoms with van der Waals surface area (Å²) in [5.74, 6) is 0.247. The van der Waals surface area contributed by atoms with Gasteiger partial charge in [-0.25, -0.2) is 4.79 Å². The number of aliphatic hydroxyl groups is 1. The second kappa shape index (κ2) is 15.4. The van der Waals surface area contributed by atoms with E-state index in [1.54, 1.807) is 13.8 Å². The molecule has 5 aliphatic carbocycles. The van der Waals surface area contributed by atoms with Crippen molar-refractivity contribution in [1.82, 2.24) is 0 Å². The van der Waals surface area contributed by atoms with Gasteiger partial charge in [0.15, 0.2) is 0 Å². The zero-order chi connectivity index (χ0) is 36.2. The fourth-order valence-electron chi connectivity index (χ4n) is 7.66. The summed E-state index contributed by atoms with van der Waals surface area (Å²) in [6, 6.07) is 0. The van der Waals surface area contributed by atoms with Crippen molar-refractivity contribution in [3.05, 3.63) is 0 Å². The van der Waals surface area contributed by atoms with Gasteiger partial charge in [0.1, 0.15) is 11.2 Å². The predicted octanol–water partition coefficient (Wildman–Crippen LogP) is 8.02. The lowest BCUT2D eigenvalue weighted by molar-refractivity contribution is -0.225. The third-order valence-electron chi connectivity index (χ3n) is 12.0. The maximum absolute atomic E-state index is 12.4. The minimum Gasteiger partial charge on any atom is -0.463 e. The zero-order valence-electron chi connectivity index (χ0n) is 31.8. The molecule has 0 aromatic rings. The van der Waals surface area contributed by atoms with E-state index in [0.717, 1.165) is 51.4 Å². The van der Waals surface area contributed by atoms with E-state index >= 15 is 0 Å². The molecule has 1 saturated heterocycles. The smallest absolute Gasteiger partial charge is 0.347 e. The van der Waals surface area contributed by atoms with Crippen molar-refractivity contribution in [1.29, 1.82) is 0 Å². The van der Waals surface area contributed by atoms with Crippen molar-refractivity contribution >= 4 is 23.9 Å². The Hall–Kier alpha value is -2.16. The first-order valence-corrected chi connectivity index (χ1v) is 18.7. The molecule has 6 aliphatic rings. The predicted molar refractivity (Wildman–Crippen MR) is 184 cm³/mol. The second-order valence-electron chi connectivity index (χ2n) is 17.7. The van der Waals surface area contributed by atoms with E-state index in [0.29, 0.717) is 37.7 Å². The normalized spacial score (nSPS) is 30.6. The molecule has 6 fully saturated rings. The van der Waals surface area contributed by atoms with Gasteiger partial charge in [-0.1, -0.05) is 27.2 Å². The summed E-state index contributed by atoms with van der Waals surface area (Å²) in [6.07, 6.45) is 13.5. The molecule has 9 heteroatoms. The number of hydrogen-bond donors (Lipinski definition) is 1. The fourth-order valence-corrected chi connectivity index (χ4v) is 7.66. The quantitative estimate of drug-likeness (QED) is 0.191. The van der Waals surface area contributed by atoms with Crippen LogP contribution >= 0.6 is 0 Å². The lowest BCUT2D eigenvalue weighted by Gasteiger charge is -2.59. The van der Waals surface area contributed by atoms with Gasteiger partial charge in [-0.05, 0) is 137 Å². The van der Waals surface area contributed by atoms with Crippen LogP contribution in [0.25, 0.3) is 0 Å². The largest absolute Gasteiger partial charge is 0.463 e. The highest BCUT2D eigenvalue weighted by Gasteiger charge is 2.59. The first-order chi connectivity index (χ1) is 22.1. The number of esters is 4. The monoisotopic (exact) mass is 678 g/mol. The number of ether oxygens (including phenoxy) is 4. The summed E-state index contributed by atoms with van der Waals surface area (Å²) in [4.78, 5) is 46.9. The topological polar surface area (TPSA) is 125 Å². The molecule has 48 heavy (non-hydrogen) atoms. The van der Waals surface area contributed by atoms with Crippen molar-refractivity contribution in [2.75, 3.05) is 6.61 Å². The standard InChI is InChI=1S/C16H26O3.C13H24O2.C10H16O4/c1-4-14(2,3)13(17)19-16-8-11-5-12(9-16)7-15(18,6-11)10-16;1-5-12(2,3)11(14)15-13(4)9-7-6-8-10-13;1-4-10(2,3)9(12)14-7-5-6-13-8(7)11/h11-12,18H,4-10H2,1-3H3;5-10H2,1-4H3;7H,4-6H2,1-3H3. The van der Waals surface area contributed by atoms with Gasteiger partial charge in [0, 0.05) is 12.8 Å². The van der Waals surface area contributed by atoms with Crippen LogP contribution in [0.15, 0.2) is 0 Å². The lowest BCUT2D eigenvalue weighted by atomic mass is 9.52. The van der Waals surface area contributed by atoms with Crippen LogP contribution in [-0.4, -0.2) is 58.5 Å². The number of rotatable bonds is 9. The van der Waals surface area contributed by atoms with Gasteiger partial charge in [-0.15, -0.1) is 0 Å². The Morgan fingerprint density at radius 1 is 0.771 bits per heavy atom. The van der Waals surface area contributed by atoms with Crippen molar-refractivity contribution in [2.45, 2.75) is 188 Å². The third-order valence-corrected chi connectivity index (χ3v) is 12.0. The molecule has 6 rings (SSSR count). The van der Waals surface area contributed by atoms with Crippen LogP contribution in [-0.2, 0) is 38.1 Å².